The second kappa shape index (κ2) is 10.0. The van der Waals surface area contributed by atoms with Gasteiger partial charge in [0, 0.05) is 22.3 Å². The summed E-state index contributed by atoms with van der Waals surface area (Å²) < 4.78 is 58.6. The van der Waals surface area contributed by atoms with Crippen LogP contribution in [-0.4, -0.2) is 53.9 Å². The standard InChI is InChI=1S/C27H27NO7S/c1-32-21-14-8-5-11-18(21)24-25(19-12-6-9-15-22(19)33-2)27(36(29,30)31,17-28-26(24)35-4)20-13-7-10-16-23(20)34-3/h5-16H,17H2,1-4H3,(H,29,30,31). The Bertz CT molecular complexity index is 1450. The van der Waals surface area contributed by atoms with Crippen LogP contribution in [0.1, 0.15) is 16.7 Å². The van der Waals surface area contributed by atoms with Gasteiger partial charge in [-0.25, -0.2) is 4.99 Å². The molecule has 3 aromatic rings. The normalized spacial score (nSPS) is 17.9. The van der Waals surface area contributed by atoms with Crippen LogP contribution in [0.2, 0.25) is 0 Å². The fourth-order valence-corrected chi connectivity index (χ4v) is 5.81. The van der Waals surface area contributed by atoms with Gasteiger partial charge in [0.2, 0.25) is 5.90 Å². The monoisotopic (exact) mass is 509 g/mol. The summed E-state index contributed by atoms with van der Waals surface area (Å²) >= 11 is 0. The third kappa shape index (κ3) is 4.00. The van der Waals surface area contributed by atoms with Crippen molar-refractivity contribution in [3.8, 4) is 17.2 Å². The lowest BCUT2D eigenvalue weighted by molar-refractivity contribution is 0.390. The number of nitrogens with zero attached hydrogens (tertiary/aromatic N) is 1. The van der Waals surface area contributed by atoms with Crippen molar-refractivity contribution in [3.05, 3.63) is 89.5 Å². The van der Waals surface area contributed by atoms with Crippen LogP contribution < -0.4 is 14.2 Å². The number of benzene rings is 3. The molecule has 1 aliphatic heterocycles. The third-order valence-electron chi connectivity index (χ3n) is 6.24. The molecule has 1 unspecified atom stereocenters. The van der Waals surface area contributed by atoms with Gasteiger partial charge in [0.1, 0.15) is 17.2 Å². The fourth-order valence-electron chi connectivity index (χ4n) is 4.67. The Hall–Kier alpha value is -3.82. The lowest BCUT2D eigenvalue weighted by Crippen LogP contribution is -2.44. The number of ether oxygens (including phenoxy) is 4. The van der Waals surface area contributed by atoms with Crippen molar-refractivity contribution in [1.82, 2.24) is 0 Å². The number of hydrogen-bond donors (Lipinski definition) is 1. The molecule has 0 aliphatic carbocycles. The van der Waals surface area contributed by atoms with E-state index in [1.807, 2.05) is 0 Å². The Morgan fingerprint density at radius 3 is 1.78 bits per heavy atom. The van der Waals surface area contributed by atoms with E-state index < -0.39 is 14.9 Å². The molecular formula is C27H27NO7S. The lowest BCUT2D eigenvalue weighted by atomic mass is 9.78. The quantitative estimate of drug-likeness (QED) is 0.469. The van der Waals surface area contributed by atoms with Crippen LogP contribution in [0.3, 0.4) is 0 Å². The molecule has 8 nitrogen and oxygen atoms in total. The van der Waals surface area contributed by atoms with E-state index in [0.717, 1.165) is 0 Å². The van der Waals surface area contributed by atoms with Crippen molar-refractivity contribution in [3.63, 3.8) is 0 Å². The van der Waals surface area contributed by atoms with Crippen molar-refractivity contribution in [2.24, 2.45) is 4.99 Å². The molecule has 1 aliphatic rings. The smallest absolute Gasteiger partial charge is 0.281 e. The second-order valence-electron chi connectivity index (χ2n) is 7.98. The first-order valence-electron chi connectivity index (χ1n) is 11.0. The van der Waals surface area contributed by atoms with Crippen LogP contribution in [0.5, 0.6) is 17.2 Å². The number of methoxy groups -OCH3 is 4. The van der Waals surface area contributed by atoms with Gasteiger partial charge in [0.15, 0.2) is 4.75 Å². The first-order valence-corrected chi connectivity index (χ1v) is 12.5. The zero-order valence-corrected chi connectivity index (χ0v) is 21.2. The van der Waals surface area contributed by atoms with Gasteiger partial charge in [0.05, 0.1) is 40.6 Å². The van der Waals surface area contributed by atoms with E-state index in [0.29, 0.717) is 28.2 Å². The number of aliphatic imine (C=N–C) groups is 1. The number of para-hydroxylation sites is 3. The van der Waals surface area contributed by atoms with E-state index >= 15 is 0 Å². The first kappa shape index (κ1) is 25.3. The van der Waals surface area contributed by atoms with Crippen LogP contribution in [0, 0.1) is 0 Å². The van der Waals surface area contributed by atoms with Gasteiger partial charge < -0.3 is 18.9 Å². The Labute approximate surface area is 210 Å². The maximum atomic E-state index is 13.6. The van der Waals surface area contributed by atoms with Crippen LogP contribution in [-0.2, 0) is 19.6 Å². The van der Waals surface area contributed by atoms with Gasteiger partial charge >= 0.3 is 0 Å². The maximum absolute atomic E-state index is 13.6. The molecule has 0 fully saturated rings. The fraction of sp³-hybridized carbons (Fsp3) is 0.222. The molecule has 1 N–H and O–H groups in total. The molecule has 0 bridgehead atoms. The van der Waals surface area contributed by atoms with E-state index in [2.05, 4.69) is 4.99 Å². The van der Waals surface area contributed by atoms with Gasteiger partial charge in [-0.2, -0.15) is 8.42 Å². The summed E-state index contributed by atoms with van der Waals surface area (Å²) in [6.07, 6.45) is 0. The zero-order valence-electron chi connectivity index (χ0n) is 20.4. The summed E-state index contributed by atoms with van der Waals surface area (Å²) in [5.41, 5.74) is 1.76. The van der Waals surface area contributed by atoms with Crippen molar-refractivity contribution in [1.29, 1.82) is 0 Å². The largest absolute Gasteiger partial charge is 0.496 e. The summed E-state index contributed by atoms with van der Waals surface area (Å²) in [6, 6.07) is 20.8. The van der Waals surface area contributed by atoms with Gasteiger partial charge in [-0.15, -0.1) is 0 Å². The highest BCUT2D eigenvalue weighted by atomic mass is 32.2. The van der Waals surface area contributed by atoms with E-state index in [1.165, 1.54) is 28.4 Å². The molecule has 36 heavy (non-hydrogen) atoms. The summed E-state index contributed by atoms with van der Waals surface area (Å²) in [4.78, 5) is 4.53. The van der Waals surface area contributed by atoms with Crippen molar-refractivity contribution in [2.45, 2.75) is 4.75 Å². The molecule has 0 radical (unpaired) electrons. The van der Waals surface area contributed by atoms with E-state index in [-0.39, 0.29) is 29.3 Å². The van der Waals surface area contributed by atoms with Gasteiger partial charge in [-0.3, -0.25) is 4.55 Å². The van der Waals surface area contributed by atoms with E-state index in [4.69, 9.17) is 18.9 Å². The highest BCUT2D eigenvalue weighted by Crippen LogP contribution is 2.54. The average Bonchev–Trinajstić information content (AvgIpc) is 2.91. The van der Waals surface area contributed by atoms with Crippen molar-refractivity contribution >= 4 is 27.2 Å². The molecule has 0 saturated heterocycles. The average molecular weight is 510 g/mol. The highest BCUT2D eigenvalue weighted by molar-refractivity contribution is 7.87. The van der Waals surface area contributed by atoms with Crippen molar-refractivity contribution in [2.75, 3.05) is 35.0 Å². The molecule has 0 spiro atoms. The van der Waals surface area contributed by atoms with Crippen LogP contribution in [0.4, 0.5) is 0 Å². The number of hydrogen-bond acceptors (Lipinski definition) is 7. The minimum atomic E-state index is -4.88. The topological polar surface area (TPSA) is 104 Å². The molecule has 0 amide bonds. The molecule has 9 heteroatoms. The zero-order chi connectivity index (χ0) is 25.9. The van der Waals surface area contributed by atoms with Crippen molar-refractivity contribution < 1.29 is 31.9 Å². The minimum Gasteiger partial charge on any atom is -0.496 e. The molecule has 1 heterocycles. The minimum absolute atomic E-state index is 0.189. The van der Waals surface area contributed by atoms with Gasteiger partial charge in [0.25, 0.3) is 10.1 Å². The number of rotatable bonds is 7. The number of dihydropyridines is 1. The molecule has 188 valence electrons. The van der Waals surface area contributed by atoms with Crippen LogP contribution in [0.15, 0.2) is 77.8 Å². The summed E-state index contributed by atoms with van der Waals surface area (Å²) in [5, 5.41) is 0. The SMILES string of the molecule is COC1=NCC(c2ccccc2OC)(S(=O)(=O)O)C(c2ccccc2OC)=C1c1ccccc1OC. The van der Waals surface area contributed by atoms with Crippen LogP contribution in [0.25, 0.3) is 11.1 Å². The van der Waals surface area contributed by atoms with Gasteiger partial charge in [-0.05, 0) is 18.2 Å². The molecule has 4 rings (SSSR count). The van der Waals surface area contributed by atoms with Crippen LogP contribution >= 0.6 is 0 Å². The Balaban J connectivity index is 2.30. The lowest BCUT2D eigenvalue weighted by Gasteiger charge is -2.38. The molecule has 3 aromatic carbocycles. The molecule has 0 aromatic heterocycles. The maximum Gasteiger partial charge on any atom is 0.281 e. The molecular weight excluding hydrogens is 482 g/mol. The predicted molar refractivity (Wildman–Crippen MR) is 138 cm³/mol. The highest BCUT2D eigenvalue weighted by Gasteiger charge is 2.55. The molecule has 1 atom stereocenters. The van der Waals surface area contributed by atoms with E-state index in [1.54, 1.807) is 72.8 Å². The Kier molecular flexibility index (Phi) is 7.05. The summed E-state index contributed by atoms with van der Waals surface area (Å²) in [5.74, 6) is 1.34. The Morgan fingerprint density at radius 1 is 0.722 bits per heavy atom. The Morgan fingerprint density at radius 2 is 1.22 bits per heavy atom. The molecule has 0 saturated carbocycles. The summed E-state index contributed by atoms with van der Waals surface area (Å²) in [7, 11) is 1.03. The summed E-state index contributed by atoms with van der Waals surface area (Å²) in [6.45, 7) is -0.360. The first-order chi connectivity index (χ1) is 17.3. The predicted octanol–water partition coefficient (Wildman–Crippen LogP) is 4.47. The third-order valence-corrected chi connectivity index (χ3v) is 7.68. The van der Waals surface area contributed by atoms with E-state index in [9.17, 15) is 13.0 Å². The second-order valence-corrected chi connectivity index (χ2v) is 9.63. The van der Waals surface area contributed by atoms with Gasteiger partial charge in [-0.1, -0.05) is 54.6 Å².